The monoisotopic (exact) mass is 1640 g/mol. The molecule has 0 bridgehead atoms. The Labute approximate surface area is 647 Å². The molecule has 0 spiro atoms. The maximum absolute atomic E-state index is 8.09. The van der Waals surface area contributed by atoms with Gasteiger partial charge >= 0.3 is 653 Å². The molecule has 20 aromatic rings. The minimum absolute atomic E-state index is 0.0500. The molecule has 4 aliphatic heterocycles. The van der Waals surface area contributed by atoms with Crippen molar-refractivity contribution in [2.45, 2.75) is 0 Å². The van der Waals surface area contributed by atoms with Gasteiger partial charge in [-0.15, -0.1) is 0 Å². The number of ether oxygens (including phenoxy) is 1. The number of anilines is 15. The van der Waals surface area contributed by atoms with Crippen LogP contribution in [0.2, 0.25) is 0 Å². The first-order valence-electron chi connectivity index (χ1n) is 36.8. The van der Waals surface area contributed by atoms with Gasteiger partial charge in [0.1, 0.15) is 0 Å². The number of hydrogen-bond donors (Lipinski definition) is 0. The van der Waals surface area contributed by atoms with Gasteiger partial charge in [-0.1, -0.05) is 0 Å². The summed E-state index contributed by atoms with van der Waals surface area (Å²) in [7, 11) is 0. The molecule has 0 saturated carbocycles. The quantitative estimate of drug-likeness (QED) is 0.134. The Balaban J connectivity index is 0.789. The first kappa shape index (κ1) is 61.7. The van der Waals surface area contributed by atoms with Crippen LogP contribution in [0.3, 0.4) is 0 Å². The molecule has 0 aliphatic carbocycles. The summed E-state index contributed by atoms with van der Waals surface area (Å²) < 4.78 is 19.3. The van der Waals surface area contributed by atoms with E-state index in [1.165, 1.54) is 144 Å². The van der Waals surface area contributed by atoms with Crippen LogP contribution in [-0.4, -0.2) is 71.4 Å². The number of rotatable bonds is 9. The molecule has 0 radical (unpaired) electrons. The second kappa shape index (κ2) is 24.0. The van der Waals surface area contributed by atoms with Crippen molar-refractivity contribution in [2.24, 2.45) is 0 Å². The van der Waals surface area contributed by atoms with E-state index in [-0.39, 0.29) is 71.4 Å². The summed E-state index contributed by atoms with van der Waals surface area (Å²) in [6.45, 7) is -0.414. The minimum atomic E-state index is -0.215. The predicted octanol–water partition coefficient (Wildman–Crippen LogP) is 20.6. The van der Waals surface area contributed by atoms with Crippen molar-refractivity contribution in [3.05, 3.63) is 346 Å². The Bertz CT molecular complexity index is 7200. The first-order chi connectivity index (χ1) is 53.6. The molecule has 0 amide bonds. The van der Waals surface area contributed by atoms with Crippen LogP contribution in [0.25, 0.3) is 77.2 Å². The Morgan fingerprint density at radius 2 is 0.602 bits per heavy atom. The van der Waals surface area contributed by atoms with Crippen molar-refractivity contribution in [1.29, 1.82) is 0 Å². The zero-order chi connectivity index (χ0) is 70.4. The van der Waals surface area contributed by atoms with Crippen LogP contribution in [-0.2, 0) is 0 Å². The number of benzene rings is 16. The van der Waals surface area contributed by atoms with Gasteiger partial charge in [0, 0.05) is 0 Å². The average Bonchev–Trinajstić information content (AvgIpc) is 0.855. The van der Waals surface area contributed by atoms with E-state index in [0.29, 0.717) is 0 Å². The molecule has 6 nitrogen and oxygen atoms in total. The van der Waals surface area contributed by atoms with Gasteiger partial charge in [0.05, 0.1) is 0 Å². The molecule has 0 saturated heterocycles. The van der Waals surface area contributed by atoms with E-state index >= 15 is 0 Å². The fraction of sp³-hybridized carbons (Fsp3) is 0. The van der Waals surface area contributed by atoms with Crippen LogP contribution in [0.4, 0.5) is 85.3 Å². The van der Waals surface area contributed by atoms with Crippen molar-refractivity contribution in [2.75, 3.05) is 24.5 Å². The van der Waals surface area contributed by atoms with E-state index in [1.807, 2.05) is 0 Å². The Kier molecular flexibility index (Phi) is 13.7. The zero-order valence-corrected chi connectivity index (χ0v) is 64.7. The summed E-state index contributed by atoms with van der Waals surface area (Å²) in [4.78, 5) is 13.0. The van der Waals surface area contributed by atoms with Gasteiger partial charge < -0.3 is 0 Å². The molecule has 0 N–H and O–H groups in total. The van der Waals surface area contributed by atoms with Gasteiger partial charge in [-0.2, -0.15) is 0 Å². The van der Waals surface area contributed by atoms with Gasteiger partial charge in [0.2, 0.25) is 0 Å². The fourth-order valence-corrected chi connectivity index (χ4v) is 28.5. The van der Waals surface area contributed by atoms with Crippen LogP contribution >= 0.6 is 0 Å². The normalized spacial score (nSPS) is 13.2. The Hall–Kier alpha value is -11.5. The molecule has 4 aromatic heterocycles. The topological polar surface area (TPSA) is 25.4 Å². The molecule has 12 heteroatoms. The third-order valence-electron chi connectivity index (χ3n) is 22.8. The van der Waals surface area contributed by atoms with Crippen molar-refractivity contribution in [1.82, 2.24) is 0 Å². The van der Waals surface area contributed by atoms with E-state index in [2.05, 4.69) is 370 Å². The van der Waals surface area contributed by atoms with Gasteiger partial charge in [-0.3, -0.25) is 0 Å². The molecule has 24 rings (SSSR count). The number of para-hydroxylation sites is 5. The van der Waals surface area contributed by atoms with Crippen LogP contribution in [0, 0.1) is 0 Å². The van der Waals surface area contributed by atoms with E-state index < -0.39 is 0 Å². The van der Waals surface area contributed by atoms with Crippen molar-refractivity contribution >= 4 is 267 Å². The summed E-state index contributed by atoms with van der Waals surface area (Å²) in [6, 6.07) is 131. The second-order valence-corrected chi connectivity index (χ2v) is 37.3. The van der Waals surface area contributed by atoms with Crippen LogP contribution in [0.5, 0.6) is 11.5 Å². The maximum atomic E-state index is 8.09. The van der Waals surface area contributed by atoms with E-state index in [4.69, 9.17) is 4.74 Å². The standard InChI is InChI=1S/C96H57B2N5OSe4/c1-4-26-58(27-5-1)99(77-44-22-36-67-63-32-10-18-48-87(63)105-93(67)77)61-52-82-91-83(53-61)102(79-46-24-38-69-65-34-12-20-50-89(65)107-95(69)79)75-42-16-14-40-71(75)97(91)73-56-74-85(57-81(73)101(82)60-30-8-3-9-31-60)104-86-55-62(100(59-28-6-2-7-29-59)78-45-23-37-68-64-33-11-19-49-88(64)106-94(68)78)54-84-92(86)98(74)72-41-15-17-43-76(72)103(84)80-47-25-39-70-66-35-13-21-51-90(66)108-96(70)80/h1-57H. The van der Waals surface area contributed by atoms with Crippen molar-refractivity contribution < 1.29 is 4.74 Å². The molecule has 8 heterocycles. The zero-order valence-electron chi connectivity index (χ0n) is 57.8. The van der Waals surface area contributed by atoms with Gasteiger partial charge in [0.25, 0.3) is 0 Å². The predicted molar refractivity (Wildman–Crippen MR) is 463 cm³/mol. The number of fused-ring (bicyclic) bond motifs is 20. The van der Waals surface area contributed by atoms with E-state index in [0.717, 1.165) is 62.5 Å². The molecule has 16 aromatic carbocycles. The van der Waals surface area contributed by atoms with Crippen LogP contribution in [0.15, 0.2) is 346 Å². The summed E-state index contributed by atoms with van der Waals surface area (Å²) in [5.41, 5.74) is 24.5. The van der Waals surface area contributed by atoms with Gasteiger partial charge in [-0.25, -0.2) is 0 Å². The second-order valence-electron chi connectivity index (χ2n) is 28.5. The molecule has 0 atom stereocenters. The molecule has 4 aliphatic rings. The Morgan fingerprint density at radius 3 is 1.10 bits per heavy atom. The molecule has 502 valence electrons. The summed E-state index contributed by atoms with van der Waals surface area (Å²) >= 11 is 0.230. The van der Waals surface area contributed by atoms with Crippen LogP contribution in [0.1, 0.15) is 0 Å². The third-order valence-corrected chi connectivity index (χ3v) is 32.9. The molecular weight excluding hydrogens is 1580 g/mol. The van der Waals surface area contributed by atoms with Crippen molar-refractivity contribution in [3.8, 4) is 11.5 Å². The molecular formula is C96H57B2N5OSe4. The summed E-state index contributed by atoms with van der Waals surface area (Å²) in [5.74, 6) is 1.70. The molecule has 0 fully saturated rings. The van der Waals surface area contributed by atoms with E-state index in [9.17, 15) is 0 Å². The Morgan fingerprint density at radius 1 is 0.231 bits per heavy atom. The third kappa shape index (κ3) is 9.03. The van der Waals surface area contributed by atoms with Gasteiger partial charge in [0.15, 0.2) is 0 Å². The first-order valence-corrected chi connectivity index (χ1v) is 43.6. The number of nitrogens with zero attached hydrogens (tertiary/aromatic N) is 5. The summed E-state index contributed by atoms with van der Waals surface area (Å²) in [5, 5.41) is 10.6. The van der Waals surface area contributed by atoms with Gasteiger partial charge in [-0.05, 0) is 0 Å². The molecule has 108 heavy (non-hydrogen) atoms. The fourth-order valence-electron chi connectivity index (χ4n) is 18.4. The van der Waals surface area contributed by atoms with Crippen molar-refractivity contribution in [3.63, 3.8) is 0 Å². The SMILES string of the molecule is c1ccc(N2c3cc4c(cc3B3c5ccccc5N(c5cccc6c5[se]c5ccccc56)c5cc(N(c6ccccc6)c6cccc7c6[se]c6ccccc67)cc2c53)B2c3ccccc3N(c3cccc5c3[se]c3ccccc35)c3cc(N(c5ccccc5)c5cccc6c5[se]c5ccccc56)cc(c32)O4)cc1. The summed E-state index contributed by atoms with van der Waals surface area (Å²) in [6.07, 6.45) is 0. The van der Waals surface area contributed by atoms with Crippen LogP contribution < -0.4 is 62.0 Å². The number of hydrogen-bond acceptors (Lipinski definition) is 6. The van der Waals surface area contributed by atoms with E-state index in [1.54, 1.807) is 0 Å². The molecule has 0 unspecified atom stereocenters. The average molecular weight is 1630 g/mol.